The Morgan fingerprint density at radius 1 is 1.30 bits per heavy atom. The first-order valence-corrected chi connectivity index (χ1v) is 11.4. The van der Waals surface area contributed by atoms with Crippen LogP contribution in [0.25, 0.3) is 0 Å². The number of hydrogen-bond donors (Lipinski definition) is 2. The lowest BCUT2D eigenvalue weighted by Gasteiger charge is -2.30. The summed E-state index contributed by atoms with van der Waals surface area (Å²) in [4.78, 5) is 4.38. The average molecular weight is 526 g/mol. The van der Waals surface area contributed by atoms with Crippen molar-refractivity contribution in [2.24, 2.45) is 4.99 Å². The Bertz CT molecular complexity index is 612. The quantitative estimate of drug-likeness (QED) is 0.308. The van der Waals surface area contributed by atoms with Crippen LogP contribution in [0.2, 0.25) is 5.02 Å². The maximum absolute atomic E-state index is 12.1. The van der Waals surface area contributed by atoms with Crippen LogP contribution < -0.4 is 10.6 Å². The number of benzene rings is 1. The van der Waals surface area contributed by atoms with Gasteiger partial charge in [-0.05, 0) is 43.4 Å². The predicted molar refractivity (Wildman–Crippen MR) is 129 cm³/mol. The first-order valence-electron chi connectivity index (χ1n) is 9.67. The average Bonchev–Trinajstić information content (AvgIpc) is 2.68. The van der Waals surface area contributed by atoms with Crippen molar-refractivity contribution >= 4 is 52.3 Å². The van der Waals surface area contributed by atoms with E-state index >= 15 is 0 Å². The minimum absolute atomic E-state index is 0. The second kappa shape index (κ2) is 13.0. The summed E-state index contributed by atoms with van der Waals surface area (Å²) in [6.07, 6.45) is 5.35. The zero-order valence-electron chi connectivity index (χ0n) is 16.5. The largest absolute Gasteiger partial charge is 0.356 e. The number of nitrogens with one attached hydrogen (secondary N) is 2. The Balaban J connectivity index is 0.00000364. The first kappa shape index (κ1) is 24.7. The van der Waals surface area contributed by atoms with Crippen LogP contribution in [0.1, 0.15) is 57.4 Å². The summed E-state index contributed by atoms with van der Waals surface area (Å²) in [7, 11) is 1.11. The van der Waals surface area contributed by atoms with E-state index in [1.165, 1.54) is 5.56 Å². The number of guanidine groups is 1. The molecule has 4 atom stereocenters. The molecule has 1 fully saturated rings. The van der Waals surface area contributed by atoms with Gasteiger partial charge in [0.25, 0.3) is 0 Å². The highest BCUT2D eigenvalue weighted by Crippen LogP contribution is 2.23. The van der Waals surface area contributed by atoms with Crippen molar-refractivity contribution in [3.8, 4) is 0 Å². The lowest BCUT2D eigenvalue weighted by molar-refractivity contribution is 0.413. The number of nitrogens with zero attached hydrogens (tertiary/aromatic N) is 1. The topological polar surface area (TPSA) is 53.5 Å². The van der Waals surface area contributed by atoms with Crippen molar-refractivity contribution in [3.63, 3.8) is 0 Å². The number of halogens is 2. The predicted octanol–water partition coefficient (Wildman–Crippen LogP) is 4.70. The summed E-state index contributed by atoms with van der Waals surface area (Å²) in [5.41, 5.74) is 1.29. The highest BCUT2D eigenvalue weighted by molar-refractivity contribution is 14.0. The Labute approximate surface area is 188 Å². The molecule has 4 nitrogen and oxygen atoms in total. The monoisotopic (exact) mass is 525 g/mol. The third kappa shape index (κ3) is 7.89. The molecule has 1 aromatic rings. The van der Waals surface area contributed by atoms with Crippen LogP contribution in [-0.2, 0) is 10.8 Å². The van der Waals surface area contributed by atoms with Crippen molar-refractivity contribution in [1.82, 2.24) is 10.6 Å². The molecule has 0 bridgehead atoms. The van der Waals surface area contributed by atoms with Crippen LogP contribution in [-0.4, -0.2) is 40.8 Å². The third-order valence-electron chi connectivity index (χ3n) is 5.20. The standard InChI is InChI=1S/C20H32ClN3OS.HI/c1-4-15(16-9-11-17(21)12-10-16)14-23-20(22-3)24-18-7-6-8-19(13-18)26(25)5-2;/h9-12,15,18-19H,4-8,13-14H2,1-3H3,(H2,22,23,24);1H. The number of aliphatic imine (C=N–C) groups is 1. The van der Waals surface area contributed by atoms with E-state index in [-0.39, 0.29) is 24.0 Å². The second-order valence-electron chi connectivity index (χ2n) is 6.91. The Kier molecular flexibility index (Phi) is 11.9. The molecule has 0 aliphatic heterocycles. The zero-order valence-corrected chi connectivity index (χ0v) is 20.4. The SMILES string of the molecule is CCC(CNC(=NC)NC1CCCC(S(=O)CC)C1)c1ccc(Cl)cc1.I. The van der Waals surface area contributed by atoms with Crippen LogP contribution in [0.3, 0.4) is 0 Å². The van der Waals surface area contributed by atoms with Crippen LogP contribution in [0, 0.1) is 0 Å². The molecule has 1 aromatic carbocycles. The summed E-state index contributed by atoms with van der Waals surface area (Å²) in [6.45, 7) is 5.03. The fraction of sp³-hybridized carbons (Fsp3) is 0.650. The molecule has 1 saturated carbocycles. The van der Waals surface area contributed by atoms with Crippen LogP contribution >= 0.6 is 35.6 Å². The highest BCUT2D eigenvalue weighted by Gasteiger charge is 2.26. The molecule has 1 aliphatic rings. The molecule has 27 heavy (non-hydrogen) atoms. The van der Waals surface area contributed by atoms with Crippen LogP contribution in [0.4, 0.5) is 0 Å². The summed E-state index contributed by atoms with van der Waals surface area (Å²) in [6, 6.07) is 8.44. The minimum atomic E-state index is -0.701. The molecule has 154 valence electrons. The molecule has 2 N–H and O–H groups in total. The molecule has 0 radical (unpaired) electrons. The molecule has 0 heterocycles. The first-order chi connectivity index (χ1) is 12.6. The van der Waals surface area contributed by atoms with E-state index in [1.54, 1.807) is 0 Å². The Morgan fingerprint density at radius 3 is 2.59 bits per heavy atom. The Hall–Kier alpha value is -0.340. The fourth-order valence-electron chi connectivity index (χ4n) is 3.59. The number of rotatable bonds is 7. The van der Waals surface area contributed by atoms with E-state index in [9.17, 15) is 4.21 Å². The summed E-state index contributed by atoms with van der Waals surface area (Å²) >= 11 is 6.00. The normalized spacial score (nSPS) is 22.4. The molecule has 0 amide bonds. The van der Waals surface area contributed by atoms with Crippen molar-refractivity contribution in [2.75, 3.05) is 19.3 Å². The molecule has 4 unspecified atom stereocenters. The van der Waals surface area contributed by atoms with Gasteiger partial charge in [0.1, 0.15) is 0 Å². The summed E-state index contributed by atoms with van der Waals surface area (Å²) < 4.78 is 12.1. The van der Waals surface area contributed by atoms with Gasteiger partial charge in [0.05, 0.1) is 0 Å². The van der Waals surface area contributed by atoms with Gasteiger partial charge < -0.3 is 10.6 Å². The van der Waals surface area contributed by atoms with Crippen molar-refractivity contribution in [3.05, 3.63) is 34.9 Å². The maximum Gasteiger partial charge on any atom is 0.191 e. The molecule has 2 rings (SSSR count). The van der Waals surface area contributed by atoms with Gasteiger partial charge in [-0.3, -0.25) is 9.20 Å². The van der Waals surface area contributed by atoms with Crippen LogP contribution in [0.15, 0.2) is 29.3 Å². The smallest absolute Gasteiger partial charge is 0.191 e. The summed E-state index contributed by atoms with van der Waals surface area (Å²) in [5, 5.41) is 8.10. The zero-order chi connectivity index (χ0) is 18.9. The van der Waals surface area contributed by atoms with Crippen molar-refractivity contribution in [2.45, 2.75) is 63.2 Å². The van der Waals surface area contributed by atoms with Gasteiger partial charge in [-0.1, -0.05) is 44.0 Å². The molecule has 1 aliphatic carbocycles. The lowest BCUT2D eigenvalue weighted by Crippen LogP contribution is -2.47. The van der Waals surface area contributed by atoms with Crippen LogP contribution in [0.5, 0.6) is 0 Å². The van der Waals surface area contributed by atoms with Crippen molar-refractivity contribution in [1.29, 1.82) is 0 Å². The van der Waals surface area contributed by atoms with E-state index in [2.05, 4.69) is 34.7 Å². The lowest BCUT2D eigenvalue weighted by atomic mass is 9.95. The van der Waals surface area contributed by atoms with Crippen molar-refractivity contribution < 1.29 is 4.21 Å². The number of hydrogen-bond acceptors (Lipinski definition) is 2. The van der Waals surface area contributed by atoms with Gasteiger partial charge in [-0.25, -0.2) is 0 Å². The molecule has 0 aromatic heterocycles. The molecule has 7 heteroatoms. The molecule has 0 saturated heterocycles. The van der Waals surface area contributed by atoms with Gasteiger partial charge in [-0.15, -0.1) is 24.0 Å². The van der Waals surface area contributed by atoms with E-state index in [0.717, 1.165) is 55.4 Å². The minimum Gasteiger partial charge on any atom is -0.356 e. The van der Waals surface area contributed by atoms with Gasteiger partial charge >= 0.3 is 0 Å². The van der Waals surface area contributed by atoms with Gasteiger partial charge in [0.2, 0.25) is 0 Å². The highest BCUT2D eigenvalue weighted by atomic mass is 127. The Morgan fingerprint density at radius 2 is 2.00 bits per heavy atom. The maximum atomic E-state index is 12.1. The molecular formula is C20H33ClIN3OS. The van der Waals surface area contributed by atoms with E-state index in [1.807, 2.05) is 26.1 Å². The summed E-state index contributed by atoms with van der Waals surface area (Å²) in [5.74, 6) is 2.01. The molecular weight excluding hydrogens is 493 g/mol. The molecule has 0 spiro atoms. The van der Waals surface area contributed by atoms with E-state index in [4.69, 9.17) is 11.6 Å². The van der Waals surface area contributed by atoms with E-state index < -0.39 is 10.8 Å². The van der Waals surface area contributed by atoms with Gasteiger partial charge in [0, 0.05) is 52.4 Å². The second-order valence-corrected chi connectivity index (χ2v) is 9.35. The van der Waals surface area contributed by atoms with Gasteiger partial charge in [-0.2, -0.15) is 0 Å². The third-order valence-corrected chi connectivity index (χ3v) is 7.19. The fourth-order valence-corrected chi connectivity index (χ4v) is 5.07. The van der Waals surface area contributed by atoms with E-state index in [0.29, 0.717) is 17.2 Å². The van der Waals surface area contributed by atoms with Gasteiger partial charge in [0.15, 0.2) is 5.96 Å².